The first-order chi connectivity index (χ1) is 13.3. The zero-order chi connectivity index (χ0) is 20.1. The molecular formula is C20H27N3O4S. The Morgan fingerprint density at radius 3 is 2.86 bits per heavy atom. The van der Waals surface area contributed by atoms with Crippen LogP contribution < -0.4 is 5.32 Å². The molecule has 2 amide bonds. The zero-order valence-corrected chi connectivity index (χ0v) is 17.4. The van der Waals surface area contributed by atoms with Crippen molar-refractivity contribution in [2.75, 3.05) is 18.8 Å². The first kappa shape index (κ1) is 20.5. The van der Waals surface area contributed by atoms with Crippen molar-refractivity contribution < 1.29 is 18.7 Å². The fourth-order valence-electron chi connectivity index (χ4n) is 3.18. The summed E-state index contributed by atoms with van der Waals surface area (Å²) in [5.41, 5.74) is 0.965. The van der Waals surface area contributed by atoms with Gasteiger partial charge in [-0.3, -0.25) is 4.79 Å². The number of alkyl carbamates (subject to hydrolysis) is 1. The molecule has 0 saturated carbocycles. The molecule has 0 radical (unpaired) electrons. The van der Waals surface area contributed by atoms with E-state index in [2.05, 4.69) is 10.3 Å². The summed E-state index contributed by atoms with van der Waals surface area (Å²) in [6.07, 6.45) is 2.44. The number of nitrogens with one attached hydrogen (secondary N) is 1. The minimum atomic E-state index is -0.539. The highest BCUT2D eigenvalue weighted by atomic mass is 32.2. The van der Waals surface area contributed by atoms with Crippen LogP contribution in [0.3, 0.4) is 0 Å². The molecule has 28 heavy (non-hydrogen) atoms. The minimum Gasteiger partial charge on any atom is -0.444 e. The molecule has 152 valence electrons. The van der Waals surface area contributed by atoms with Crippen molar-refractivity contribution in [3.63, 3.8) is 0 Å². The fraction of sp³-hybridized carbons (Fsp3) is 0.550. The van der Waals surface area contributed by atoms with Gasteiger partial charge in [0.25, 0.3) is 5.22 Å². The molecule has 8 heteroatoms. The maximum Gasteiger partial charge on any atom is 0.407 e. The molecule has 1 aromatic carbocycles. The van der Waals surface area contributed by atoms with E-state index in [-0.39, 0.29) is 17.7 Å². The van der Waals surface area contributed by atoms with Crippen LogP contribution >= 0.6 is 11.8 Å². The third-order valence-electron chi connectivity index (χ3n) is 4.42. The summed E-state index contributed by atoms with van der Waals surface area (Å²) >= 11 is 1.30. The number of carbonyl (C=O) groups excluding carboxylic acids is 2. The second-order valence-electron chi connectivity index (χ2n) is 7.86. The van der Waals surface area contributed by atoms with Crippen molar-refractivity contribution in [3.8, 4) is 0 Å². The van der Waals surface area contributed by atoms with E-state index in [1.54, 1.807) is 0 Å². The Kier molecular flexibility index (Phi) is 6.49. The second kappa shape index (κ2) is 8.86. The number of ether oxygens (including phenoxy) is 1. The molecule has 1 unspecified atom stereocenters. The molecule has 2 heterocycles. The smallest absolute Gasteiger partial charge is 0.407 e. The van der Waals surface area contributed by atoms with Crippen LogP contribution in [0, 0.1) is 0 Å². The number of oxazole rings is 1. The number of para-hydroxylation sites is 2. The van der Waals surface area contributed by atoms with Crippen LogP contribution in [-0.2, 0) is 9.53 Å². The number of piperidine rings is 1. The number of hydrogen-bond acceptors (Lipinski definition) is 6. The number of thioether (sulfide) groups is 1. The summed E-state index contributed by atoms with van der Waals surface area (Å²) in [4.78, 5) is 30.9. The summed E-state index contributed by atoms with van der Waals surface area (Å²) in [7, 11) is 0. The average Bonchev–Trinajstić information content (AvgIpc) is 3.06. The van der Waals surface area contributed by atoms with E-state index in [1.165, 1.54) is 11.8 Å². The lowest BCUT2D eigenvalue weighted by atomic mass is 10.0. The van der Waals surface area contributed by atoms with Gasteiger partial charge in [0.1, 0.15) is 11.1 Å². The number of likely N-dealkylation sites (tertiary alicyclic amines) is 1. The molecule has 0 spiro atoms. The van der Waals surface area contributed by atoms with Gasteiger partial charge in [-0.15, -0.1) is 0 Å². The number of fused-ring (bicyclic) bond motifs is 1. The third kappa shape index (κ3) is 5.64. The van der Waals surface area contributed by atoms with Gasteiger partial charge < -0.3 is 19.4 Å². The van der Waals surface area contributed by atoms with E-state index in [1.807, 2.05) is 49.9 Å². The summed E-state index contributed by atoms with van der Waals surface area (Å²) in [6, 6.07) is 7.52. The second-order valence-corrected chi connectivity index (χ2v) is 8.78. The predicted molar refractivity (Wildman–Crippen MR) is 108 cm³/mol. The molecule has 1 aliphatic rings. The number of aromatic nitrogens is 1. The number of hydrogen-bond donors (Lipinski definition) is 1. The normalized spacial score (nSPS) is 17.5. The molecule has 1 fully saturated rings. The van der Waals surface area contributed by atoms with Gasteiger partial charge in [0.2, 0.25) is 5.91 Å². The maximum atomic E-state index is 12.8. The Hall–Kier alpha value is -2.22. The van der Waals surface area contributed by atoms with E-state index < -0.39 is 11.7 Å². The van der Waals surface area contributed by atoms with Crippen molar-refractivity contribution in [1.29, 1.82) is 0 Å². The van der Waals surface area contributed by atoms with Crippen molar-refractivity contribution in [3.05, 3.63) is 24.3 Å². The topological polar surface area (TPSA) is 84.7 Å². The van der Waals surface area contributed by atoms with E-state index in [0.29, 0.717) is 18.3 Å². The number of nitrogens with zero attached hydrogens (tertiary/aromatic N) is 2. The largest absolute Gasteiger partial charge is 0.444 e. The Labute approximate surface area is 169 Å². The average molecular weight is 406 g/mol. The Bertz CT molecular complexity index is 797. The van der Waals surface area contributed by atoms with Gasteiger partial charge in [0.05, 0.1) is 5.75 Å². The number of carbonyl (C=O) groups is 2. The van der Waals surface area contributed by atoms with Crippen LogP contribution in [-0.4, -0.2) is 52.4 Å². The Morgan fingerprint density at radius 2 is 2.11 bits per heavy atom. The lowest BCUT2D eigenvalue weighted by Gasteiger charge is -2.36. The Morgan fingerprint density at radius 1 is 1.32 bits per heavy atom. The highest BCUT2D eigenvalue weighted by Crippen LogP contribution is 2.25. The van der Waals surface area contributed by atoms with E-state index in [4.69, 9.17) is 9.15 Å². The summed E-state index contributed by atoms with van der Waals surface area (Å²) in [5.74, 6) is 0.290. The molecule has 3 rings (SSSR count). The molecular weight excluding hydrogens is 378 g/mol. The van der Waals surface area contributed by atoms with Gasteiger partial charge in [-0.1, -0.05) is 23.9 Å². The van der Waals surface area contributed by atoms with Crippen molar-refractivity contribution in [2.24, 2.45) is 0 Å². The molecule has 0 bridgehead atoms. The van der Waals surface area contributed by atoms with Crippen molar-refractivity contribution in [2.45, 2.75) is 56.9 Å². The predicted octanol–water partition coefficient (Wildman–Crippen LogP) is 3.83. The van der Waals surface area contributed by atoms with Crippen molar-refractivity contribution >= 4 is 34.9 Å². The Balaban J connectivity index is 1.53. The van der Waals surface area contributed by atoms with Crippen molar-refractivity contribution in [1.82, 2.24) is 15.2 Å². The van der Waals surface area contributed by atoms with Gasteiger partial charge in [-0.05, 0) is 52.2 Å². The highest BCUT2D eigenvalue weighted by molar-refractivity contribution is 7.99. The van der Waals surface area contributed by atoms with Crippen LogP contribution in [0.5, 0.6) is 0 Å². The molecule has 1 aliphatic heterocycles. The van der Waals surface area contributed by atoms with Gasteiger partial charge >= 0.3 is 6.09 Å². The van der Waals surface area contributed by atoms with E-state index in [0.717, 1.165) is 30.4 Å². The summed E-state index contributed by atoms with van der Waals surface area (Å²) < 4.78 is 10.9. The van der Waals surface area contributed by atoms with Gasteiger partial charge in [-0.25, -0.2) is 9.78 Å². The molecule has 7 nitrogen and oxygen atoms in total. The molecule has 0 aliphatic carbocycles. The first-order valence-corrected chi connectivity index (χ1v) is 10.5. The third-order valence-corrected chi connectivity index (χ3v) is 5.23. The molecule has 1 N–H and O–H groups in total. The van der Waals surface area contributed by atoms with Gasteiger partial charge in [-0.2, -0.15) is 0 Å². The number of benzene rings is 1. The fourth-order valence-corrected chi connectivity index (χ4v) is 3.90. The number of amides is 2. The quantitative estimate of drug-likeness (QED) is 0.761. The summed E-state index contributed by atoms with van der Waals surface area (Å²) in [5, 5.41) is 3.29. The SMILES string of the molecule is CC(C)(C)OC(=O)NCC1CCCCN1C(=O)CSc1nc2ccccc2o1. The lowest BCUT2D eigenvalue weighted by Crippen LogP contribution is -2.50. The molecule has 1 saturated heterocycles. The standard InChI is InChI=1S/C20H27N3O4S/c1-20(2,3)27-18(25)21-12-14-8-6-7-11-23(14)17(24)13-28-19-22-15-9-4-5-10-16(15)26-19/h4-5,9-10,14H,6-8,11-13H2,1-3H3,(H,21,25). The first-order valence-electron chi connectivity index (χ1n) is 9.56. The van der Waals surface area contributed by atoms with Crippen LogP contribution in [0.1, 0.15) is 40.0 Å². The number of rotatable bonds is 5. The minimum absolute atomic E-state index is 0.0157. The van der Waals surface area contributed by atoms with Gasteiger partial charge in [0, 0.05) is 19.1 Å². The van der Waals surface area contributed by atoms with Crippen LogP contribution in [0.4, 0.5) is 4.79 Å². The van der Waals surface area contributed by atoms with Gasteiger partial charge in [0.15, 0.2) is 5.58 Å². The maximum absolute atomic E-state index is 12.8. The summed E-state index contributed by atoms with van der Waals surface area (Å²) in [6.45, 7) is 6.58. The monoisotopic (exact) mass is 405 g/mol. The molecule has 2 aromatic rings. The zero-order valence-electron chi connectivity index (χ0n) is 16.6. The molecule has 1 atom stereocenters. The van der Waals surface area contributed by atoms with Crippen LogP contribution in [0.15, 0.2) is 33.9 Å². The molecule has 1 aromatic heterocycles. The van der Waals surface area contributed by atoms with E-state index >= 15 is 0 Å². The highest BCUT2D eigenvalue weighted by Gasteiger charge is 2.28. The van der Waals surface area contributed by atoms with E-state index in [9.17, 15) is 9.59 Å². The van der Waals surface area contributed by atoms with Crippen LogP contribution in [0.2, 0.25) is 0 Å². The van der Waals surface area contributed by atoms with Crippen LogP contribution in [0.25, 0.3) is 11.1 Å². The lowest BCUT2D eigenvalue weighted by molar-refractivity contribution is -0.131.